The molecule has 1 aromatic heterocycles. The summed E-state index contributed by atoms with van der Waals surface area (Å²) in [6, 6.07) is 50.2. The molecule has 6 aromatic carbocycles. The lowest BCUT2D eigenvalue weighted by atomic mass is 9.81. The van der Waals surface area contributed by atoms with Crippen LogP contribution in [0.25, 0.3) is 44.2 Å². The molecule has 1 unspecified atom stereocenters. The molecule has 0 bridgehead atoms. The van der Waals surface area contributed by atoms with Crippen molar-refractivity contribution in [2.45, 2.75) is 58.9 Å². The van der Waals surface area contributed by atoms with E-state index in [2.05, 4.69) is 170 Å². The summed E-state index contributed by atoms with van der Waals surface area (Å²) in [5.41, 5.74) is 18.7. The van der Waals surface area contributed by atoms with Gasteiger partial charge < -0.3 is 4.57 Å². The lowest BCUT2D eigenvalue weighted by Gasteiger charge is -2.23. The molecule has 0 aliphatic heterocycles. The van der Waals surface area contributed by atoms with Gasteiger partial charge in [0, 0.05) is 21.9 Å². The zero-order valence-electron chi connectivity index (χ0n) is 31.0. The molecule has 0 radical (unpaired) electrons. The van der Waals surface area contributed by atoms with Crippen LogP contribution in [0, 0.1) is 6.92 Å². The summed E-state index contributed by atoms with van der Waals surface area (Å²) >= 11 is 0. The van der Waals surface area contributed by atoms with Gasteiger partial charge in [-0.15, -0.1) is 0 Å². The van der Waals surface area contributed by atoms with Crippen LogP contribution in [-0.4, -0.2) is 4.57 Å². The third kappa shape index (κ3) is 6.32. The van der Waals surface area contributed by atoms with E-state index in [4.69, 9.17) is 5.84 Å². The quantitative estimate of drug-likeness (QED) is 0.140. The van der Waals surface area contributed by atoms with Crippen LogP contribution >= 0.6 is 0 Å². The predicted octanol–water partition coefficient (Wildman–Crippen LogP) is 12.4. The maximum Gasteiger partial charge on any atom is 0.0710 e. The highest BCUT2D eigenvalue weighted by Gasteiger charge is 2.38. The fourth-order valence-electron chi connectivity index (χ4n) is 8.11. The number of allylic oxidation sites excluding steroid dienone is 4. The average Bonchev–Trinajstić information content (AvgIpc) is 3.66. The molecule has 0 saturated heterocycles. The fourth-order valence-corrected chi connectivity index (χ4v) is 8.11. The molecule has 7 aromatic rings. The smallest absolute Gasteiger partial charge is 0.0710 e. The summed E-state index contributed by atoms with van der Waals surface area (Å²) < 4.78 is 2.48. The highest BCUT2D eigenvalue weighted by Crippen LogP contribution is 2.52. The van der Waals surface area contributed by atoms with E-state index < -0.39 is 0 Å². The second kappa shape index (κ2) is 15.0. The van der Waals surface area contributed by atoms with Crippen molar-refractivity contribution in [3.05, 3.63) is 191 Å². The van der Waals surface area contributed by atoms with E-state index in [0.29, 0.717) is 0 Å². The van der Waals surface area contributed by atoms with E-state index in [0.717, 1.165) is 12.8 Å². The molecule has 3 N–H and O–H groups in total. The number of hydrogen-bond donors (Lipinski definition) is 2. The minimum Gasteiger partial charge on any atom is -0.309 e. The molecule has 0 fully saturated rings. The maximum absolute atomic E-state index is 5.75. The number of hydrogen-bond acceptors (Lipinski definition) is 2. The molecule has 0 saturated carbocycles. The summed E-state index contributed by atoms with van der Waals surface area (Å²) in [5, 5.41) is 2.65. The first-order valence-corrected chi connectivity index (χ1v) is 18.7. The fraction of sp³-hybridized carbons (Fsp3) is 0.184. The SMILES string of the molecule is CC.Cc1cccc(-n2c3ccccc3c3ccc4c(c32)C(C)(C)c2ccccc2-4)c1.NNC(c1ccccc1)c1ccc(C2=CC=CCC2)cc1. The van der Waals surface area contributed by atoms with Gasteiger partial charge in [0.2, 0.25) is 0 Å². The third-order valence-electron chi connectivity index (χ3n) is 10.5. The van der Waals surface area contributed by atoms with Gasteiger partial charge in [-0.25, -0.2) is 5.43 Å². The van der Waals surface area contributed by atoms with Crippen molar-refractivity contribution >= 4 is 27.4 Å². The molecule has 52 heavy (non-hydrogen) atoms. The predicted molar refractivity (Wildman–Crippen MR) is 223 cm³/mol. The Morgan fingerprint density at radius 3 is 2.13 bits per heavy atom. The second-order valence-corrected chi connectivity index (χ2v) is 14.0. The minimum atomic E-state index is -0.0403. The van der Waals surface area contributed by atoms with Gasteiger partial charge in [0.1, 0.15) is 0 Å². The first-order chi connectivity index (χ1) is 25.5. The van der Waals surface area contributed by atoms with Gasteiger partial charge in [0.25, 0.3) is 0 Å². The number of rotatable bonds is 5. The zero-order chi connectivity index (χ0) is 36.2. The molecule has 2 aliphatic carbocycles. The van der Waals surface area contributed by atoms with Crippen molar-refractivity contribution in [1.82, 2.24) is 9.99 Å². The van der Waals surface area contributed by atoms with Gasteiger partial charge in [-0.1, -0.05) is 167 Å². The number of para-hydroxylation sites is 1. The summed E-state index contributed by atoms with van der Waals surface area (Å²) in [7, 11) is 0. The van der Waals surface area contributed by atoms with Crippen molar-refractivity contribution in [2.75, 3.05) is 0 Å². The molecular weight excluding hydrogens is 631 g/mol. The van der Waals surface area contributed by atoms with Crippen LogP contribution in [0.4, 0.5) is 0 Å². The topological polar surface area (TPSA) is 43.0 Å². The lowest BCUT2D eigenvalue weighted by molar-refractivity contribution is 0.637. The molecule has 1 heterocycles. The van der Waals surface area contributed by atoms with E-state index in [9.17, 15) is 0 Å². The molecule has 260 valence electrons. The normalized spacial score (nSPS) is 14.4. The first kappa shape index (κ1) is 34.9. The molecule has 2 aliphatic rings. The van der Waals surface area contributed by atoms with Gasteiger partial charge in [-0.2, -0.15) is 0 Å². The highest BCUT2D eigenvalue weighted by atomic mass is 15.2. The largest absolute Gasteiger partial charge is 0.309 e. The summed E-state index contributed by atoms with van der Waals surface area (Å²) in [6.07, 6.45) is 8.80. The van der Waals surface area contributed by atoms with Crippen molar-refractivity contribution in [1.29, 1.82) is 0 Å². The van der Waals surface area contributed by atoms with Gasteiger partial charge >= 0.3 is 0 Å². The van der Waals surface area contributed by atoms with Crippen molar-refractivity contribution in [3.63, 3.8) is 0 Å². The van der Waals surface area contributed by atoms with Crippen LogP contribution in [-0.2, 0) is 5.41 Å². The molecule has 0 amide bonds. The van der Waals surface area contributed by atoms with E-state index in [1.54, 1.807) is 0 Å². The molecule has 1 atom stereocenters. The number of benzene rings is 6. The standard InChI is InChI=1S/C28H23N.C19H20N2.C2H6/c1-18-9-8-10-19(17-18)29-25-14-7-5-12-21(25)23-16-15-22-20-11-4-6-13-24(20)28(2,3)26(22)27(23)29;20-21-19(17-9-5-2-6-10-17)18-13-11-16(12-14-18)15-7-3-1-4-8-15;1-2/h4-17H,1-3H3;1-3,5-7,9-14,19,21H,4,8,20H2;1-2H3. The van der Waals surface area contributed by atoms with Crippen LogP contribution in [0.1, 0.15) is 80.0 Å². The van der Waals surface area contributed by atoms with Gasteiger partial charge in [0.05, 0.1) is 17.1 Å². The Labute approximate surface area is 309 Å². The van der Waals surface area contributed by atoms with E-state index in [1.807, 2.05) is 32.0 Å². The maximum atomic E-state index is 5.75. The van der Waals surface area contributed by atoms with Crippen LogP contribution in [0.2, 0.25) is 0 Å². The Hall–Kier alpha value is -5.48. The monoisotopic (exact) mass is 679 g/mol. The van der Waals surface area contributed by atoms with E-state index in [1.165, 1.54) is 77.6 Å². The number of aromatic nitrogens is 1. The average molecular weight is 680 g/mol. The third-order valence-corrected chi connectivity index (χ3v) is 10.5. The van der Waals surface area contributed by atoms with Crippen LogP contribution in [0.15, 0.2) is 158 Å². The number of fused-ring (bicyclic) bond motifs is 7. The first-order valence-electron chi connectivity index (χ1n) is 18.7. The van der Waals surface area contributed by atoms with Crippen LogP contribution in [0.5, 0.6) is 0 Å². The Kier molecular flexibility index (Phi) is 10.1. The van der Waals surface area contributed by atoms with E-state index >= 15 is 0 Å². The van der Waals surface area contributed by atoms with Crippen molar-refractivity contribution in [2.24, 2.45) is 5.84 Å². The van der Waals surface area contributed by atoms with Crippen LogP contribution in [0.3, 0.4) is 0 Å². The number of nitrogens with zero attached hydrogens (tertiary/aromatic N) is 1. The number of nitrogens with two attached hydrogens (primary N) is 1. The van der Waals surface area contributed by atoms with E-state index in [-0.39, 0.29) is 11.5 Å². The lowest BCUT2D eigenvalue weighted by Crippen LogP contribution is -2.28. The summed E-state index contributed by atoms with van der Waals surface area (Å²) in [4.78, 5) is 0. The summed E-state index contributed by atoms with van der Waals surface area (Å²) in [5.74, 6) is 5.75. The van der Waals surface area contributed by atoms with Crippen LogP contribution < -0.4 is 11.3 Å². The zero-order valence-corrected chi connectivity index (χ0v) is 31.0. The Morgan fingerprint density at radius 2 is 1.40 bits per heavy atom. The minimum absolute atomic E-state index is 0.0282. The van der Waals surface area contributed by atoms with Gasteiger partial charge in [-0.3, -0.25) is 5.84 Å². The number of nitrogens with one attached hydrogen (secondary N) is 1. The highest BCUT2D eigenvalue weighted by molar-refractivity contribution is 6.13. The Bertz CT molecular complexity index is 2390. The van der Waals surface area contributed by atoms with Gasteiger partial charge in [-0.05, 0) is 88.0 Å². The molecule has 3 heteroatoms. The second-order valence-electron chi connectivity index (χ2n) is 14.0. The number of aryl methyl sites for hydroxylation is 1. The molecular formula is C49H49N3. The summed E-state index contributed by atoms with van der Waals surface area (Å²) in [6.45, 7) is 10.9. The molecule has 0 spiro atoms. The van der Waals surface area contributed by atoms with Gasteiger partial charge in [0.15, 0.2) is 0 Å². The molecule has 3 nitrogen and oxygen atoms in total. The Morgan fingerprint density at radius 1 is 0.692 bits per heavy atom. The Balaban J connectivity index is 0.000000162. The number of hydrazine groups is 1. The van der Waals surface area contributed by atoms with Crippen molar-refractivity contribution < 1.29 is 0 Å². The van der Waals surface area contributed by atoms with Crippen molar-refractivity contribution in [3.8, 4) is 16.8 Å². The molecule has 9 rings (SSSR count).